The monoisotopic (exact) mass is 317 g/mol. The second-order valence-electron chi connectivity index (χ2n) is 3.65. The van der Waals surface area contributed by atoms with Crippen molar-refractivity contribution in [2.45, 2.75) is 12.4 Å². The first-order valence-electron chi connectivity index (χ1n) is 4.99. The summed E-state index contributed by atoms with van der Waals surface area (Å²) in [5, 5.41) is 2.90. The molecule has 0 aromatic heterocycles. The second-order valence-corrected chi connectivity index (χ2v) is 3.65. The number of carbonyl (C=O) groups is 1. The van der Waals surface area contributed by atoms with Gasteiger partial charge in [-0.2, -0.15) is 31.4 Å². The number of primary amides is 1. The molecule has 0 aliphatic carbocycles. The van der Waals surface area contributed by atoms with Gasteiger partial charge in [0.15, 0.2) is 0 Å². The van der Waals surface area contributed by atoms with Crippen LogP contribution in [0.2, 0.25) is 0 Å². The fourth-order valence-corrected chi connectivity index (χ4v) is 1.31. The number of rotatable bonds is 2. The number of nitrogens with zero attached hydrogens (tertiary/aromatic N) is 1. The maximum Gasteiger partial charge on any atom is 0.417 e. The number of urea groups is 1. The second kappa shape index (κ2) is 5.58. The normalized spacial score (nSPS) is 12.7. The number of amides is 2. The van der Waals surface area contributed by atoms with Gasteiger partial charge in [0.2, 0.25) is 0 Å². The van der Waals surface area contributed by atoms with Crippen LogP contribution < -0.4 is 11.2 Å². The molecule has 21 heavy (non-hydrogen) atoms. The van der Waals surface area contributed by atoms with E-state index in [0.717, 1.165) is 0 Å². The van der Waals surface area contributed by atoms with Crippen molar-refractivity contribution in [1.82, 2.24) is 5.43 Å². The number of nitrogens with two attached hydrogens (primary N) is 1. The van der Waals surface area contributed by atoms with E-state index < -0.39 is 40.9 Å². The third-order valence-electron chi connectivity index (χ3n) is 2.13. The van der Waals surface area contributed by atoms with Gasteiger partial charge in [-0.3, -0.25) is 0 Å². The first-order chi connectivity index (χ1) is 9.43. The maximum atomic E-state index is 13.5. The predicted molar refractivity (Wildman–Crippen MR) is 56.7 cm³/mol. The minimum absolute atomic E-state index is 0.110. The summed E-state index contributed by atoms with van der Waals surface area (Å²) in [6.45, 7) is 0. The summed E-state index contributed by atoms with van der Waals surface area (Å²) in [4.78, 5) is 10.3. The first kappa shape index (κ1) is 16.7. The first-order valence-corrected chi connectivity index (χ1v) is 4.99. The Labute approximate surface area is 112 Å². The Kier molecular flexibility index (Phi) is 4.44. The van der Waals surface area contributed by atoms with E-state index >= 15 is 0 Å². The van der Waals surface area contributed by atoms with Crippen LogP contribution in [0.15, 0.2) is 17.2 Å². The van der Waals surface area contributed by atoms with Gasteiger partial charge in [-0.1, -0.05) is 0 Å². The zero-order valence-electron chi connectivity index (χ0n) is 9.81. The molecule has 11 heteroatoms. The molecule has 0 aliphatic rings. The summed E-state index contributed by atoms with van der Waals surface area (Å²) < 4.78 is 88.6. The average molecular weight is 317 g/mol. The van der Waals surface area contributed by atoms with Crippen molar-refractivity contribution in [3.05, 3.63) is 34.6 Å². The highest BCUT2D eigenvalue weighted by atomic mass is 19.4. The minimum atomic E-state index is -5.25. The Bertz CT molecular complexity index is 577. The molecule has 0 fully saturated rings. The van der Waals surface area contributed by atoms with Crippen LogP contribution in [0.3, 0.4) is 0 Å². The number of hydrazone groups is 1. The fraction of sp³-hybridized carbons (Fsp3) is 0.200. The van der Waals surface area contributed by atoms with Gasteiger partial charge in [0.25, 0.3) is 0 Å². The molecule has 0 unspecified atom stereocenters. The molecule has 0 saturated heterocycles. The molecule has 0 bridgehead atoms. The quantitative estimate of drug-likeness (QED) is 0.491. The SMILES string of the molecule is NC(=O)NN=Cc1c(F)cc(C(F)(F)F)cc1C(F)(F)F. The molecule has 0 radical (unpaired) electrons. The van der Waals surface area contributed by atoms with Crippen LogP contribution in [0.5, 0.6) is 0 Å². The van der Waals surface area contributed by atoms with Gasteiger partial charge in [0.1, 0.15) is 5.82 Å². The van der Waals surface area contributed by atoms with Crippen LogP contribution in [0.25, 0.3) is 0 Å². The summed E-state index contributed by atoms with van der Waals surface area (Å²) >= 11 is 0. The number of halogens is 7. The third-order valence-corrected chi connectivity index (χ3v) is 2.13. The molecular formula is C10H6F7N3O. The van der Waals surface area contributed by atoms with Crippen molar-refractivity contribution in [3.8, 4) is 0 Å². The van der Waals surface area contributed by atoms with Gasteiger partial charge in [-0.25, -0.2) is 14.6 Å². The molecule has 1 rings (SSSR count). The van der Waals surface area contributed by atoms with Crippen LogP contribution in [0.1, 0.15) is 16.7 Å². The Balaban J connectivity index is 3.43. The Hall–Kier alpha value is -2.33. The Morgan fingerprint density at radius 1 is 1.14 bits per heavy atom. The van der Waals surface area contributed by atoms with E-state index in [1.165, 1.54) is 5.43 Å². The van der Waals surface area contributed by atoms with Gasteiger partial charge < -0.3 is 5.73 Å². The molecule has 0 aliphatic heterocycles. The van der Waals surface area contributed by atoms with Gasteiger partial charge in [-0.05, 0) is 12.1 Å². The molecule has 0 heterocycles. The highest BCUT2D eigenvalue weighted by Crippen LogP contribution is 2.37. The van der Waals surface area contributed by atoms with Crippen molar-refractivity contribution in [1.29, 1.82) is 0 Å². The van der Waals surface area contributed by atoms with Crippen molar-refractivity contribution < 1.29 is 35.5 Å². The van der Waals surface area contributed by atoms with E-state index in [1.54, 1.807) is 0 Å². The Morgan fingerprint density at radius 2 is 1.71 bits per heavy atom. The molecule has 0 saturated carbocycles. The summed E-state index contributed by atoms with van der Waals surface area (Å²) in [5.41, 5.74) is 1.12. The fourth-order valence-electron chi connectivity index (χ4n) is 1.31. The van der Waals surface area contributed by atoms with E-state index in [1.807, 2.05) is 0 Å². The van der Waals surface area contributed by atoms with Crippen LogP contribution in [0, 0.1) is 5.82 Å². The third kappa shape index (κ3) is 4.33. The summed E-state index contributed by atoms with van der Waals surface area (Å²) in [7, 11) is 0. The number of alkyl halides is 6. The van der Waals surface area contributed by atoms with Crippen molar-refractivity contribution >= 4 is 12.2 Å². The topological polar surface area (TPSA) is 67.5 Å². The minimum Gasteiger partial charge on any atom is -0.350 e. The Morgan fingerprint density at radius 3 is 2.14 bits per heavy atom. The molecule has 0 spiro atoms. The molecule has 2 amide bonds. The molecule has 116 valence electrons. The zero-order valence-corrected chi connectivity index (χ0v) is 9.81. The van der Waals surface area contributed by atoms with Crippen molar-refractivity contribution in [2.24, 2.45) is 10.8 Å². The van der Waals surface area contributed by atoms with Gasteiger partial charge in [0.05, 0.1) is 17.3 Å². The van der Waals surface area contributed by atoms with Crippen LogP contribution in [-0.4, -0.2) is 12.2 Å². The van der Waals surface area contributed by atoms with Crippen molar-refractivity contribution in [2.75, 3.05) is 0 Å². The van der Waals surface area contributed by atoms with Gasteiger partial charge in [-0.15, -0.1) is 0 Å². The highest BCUT2D eigenvalue weighted by Gasteiger charge is 2.39. The largest absolute Gasteiger partial charge is 0.417 e. The zero-order chi connectivity index (χ0) is 16.4. The summed E-state index contributed by atoms with van der Waals surface area (Å²) in [6.07, 6.45) is -10.2. The van der Waals surface area contributed by atoms with Crippen LogP contribution in [0.4, 0.5) is 35.5 Å². The lowest BCUT2D eigenvalue weighted by atomic mass is 10.0. The molecule has 0 atom stereocenters. The lowest BCUT2D eigenvalue weighted by Crippen LogP contribution is -2.24. The van der Waals surface area contributed by atoms with Crippen LogP contribution >= 0.6 is 0 Å². The summed E-state index contributed by atoms with van der Waals surface area (Å²) in [6, 6.07) is -1.61. The van der Waals surface area contributed by atoms with Crippen LogP contribution in [-0.2, 0) is 12.4 Å². The lowest BCUT2D eigenvalue weighted by Gasteiger charge is -2.14. The lowest BCUT2D eigenvalue weighted by molar-refractivity contribution is -0.143. The molecule has 1 aromatic carbocycles. The van der Waals surface area contributed by atoms with E-state index in [0.29, 0.717) is 0 Å². The number of nitrogens with one attached hydrogen (secondary N) is 1. The van der Waals surface area contributed by atoms with E-state index in [9.17, 15) is 35.5 Å². The maximum absolute atomic E-state index is 13.5. The van der Waals surface area contributed by atoms with E-state index in [-0.39, 0.29) is 18.3 Å². The number of carbonyl (C=O) groups excluding carboxylic acids is 1. The van der Waals surface area contributed by atoms with Gasteiger partial charge >= 0.3 is 18.4 Å². The molecule has 3 N–H and O–H groups in total. The van der Waals surface area contributed by atoms with Gasteiger partial charge in [0, 0.05) is 5.56 Å². The molecular weight excluding hydrogens is 311 g/mol. The number of hydrogen-bond acceptors (Lipinski definition) is 2. The smallest absolute Gasteiger partial charge is 0.350 e. The van der Waals surface area contributed by atoms with E-state index in [2.05, 4.69) is 10.8 Å². The predicted octanol–water partition coefficient (Wildman–Crippen LogP) is 2.87. The van der Waals surface area contributed by atoms with E-state index in [4.69, 9.17) is 0 Å². The molecule has 1 aromatic rings. The number of benzene rings is 1. The molecule has 4 nitrogen and oxygen atoms in total. The van der Waals surface area contributed by atoms with Crippen molar-refractivity contribution in [3.63, 3.8) is 0 Å². The number of hydrogen-bond donors (Lipinski definition) is 2. The standard InChI is InChI=1S/C10H6F7N3O/c11-7-2-4(9(12,13)14)1-6(10(15,16)17)5(7)3-19-20-8(18)21/h1-3H,(H3,18,20,21). The highest BCUT2D eigenvalue weighted by molar-refractivity contribution is 5.84. The average Bonchev–Trinajstić information content (AvgIpc) is 2.27. The summed E-state index contributed by atoms with van der Waals surface area (Å²) in [5.74, 6) is -1.80.